The standard InChI is InChI=1S/C9H11NO4/c1-9(7-10)12-8(13-14-9)5-3-2-4-6-11/h2,4,6,8H,3,5H2,1H3/b4-2+. The Hall–Kier alpha value is -1.22. The molecule has 1 aliphatic rings. The summed E-state index contributed by atoms with van der Waals surface area (Å²) in [6.45, 7) is 1.48. The summed E-state index contributed by atoms with van der Waals surface area (Å²) < 4.78 is 5.15. The van der Waals surface area contributed by atoms with Gasteiger partial charge >= 0.3 is 0 Å². The molecule has 0 aromatic rings. The number of nitrogens with zero attached hydrogens (tertiary/aromatic N) is 1. The molecule has 1 aliphatic heterocycles. The first-order chi connectivity index (χ1) is 6.70. The number of hydrogen-bond donors (Lipinski definition) is 0. The van der Waals surface area contributed by atoms with Gasteiger partial charge in [-0.3, -0.25) is 4.79 Å². The van der Waals surface area contributed by atoms with Gasteiger partial charge < -0.3 is 4.74 Å². The van der Waals surface area contributed by atoms with Gasteiger partial charge in [-0.25, -0.2) is 4.89 Å². The van der Waals surface area contributed by atoms with E-state index >= 15 is 0 Å². The highest BCUT2D eigenvalue weighted by Crippen LogP contribution is 2.26. The van der Waals surface area contributed by atoms with Crippen molar-refractivity contribution in [1.82, 2.24) is 0 Å². The maximum Gasteiger partial charge on any atom is 0.288 e. The minimum atomic E-state index is -1.31. The van der Waals surface area contributed by atoms with E-state index in [0.717, 1.165) is 0 Å². The first kappa shape index (κ1) is 10.9. The fraction of sp³-hybridized carbons (Fsp3) is 0.556. The van der Waals surface area contributed by atoms with Crippen molar-refractivity contribution < 1.29 is 19.3 Å². The van der Waals surface area contributed by atoms with E-state index in [1.165, 1.54) is 13.0 Å². The maximum atomic E-state index is 9.93. The molecule has 0 N–H and O–H groups in total. The Morgan fingerprint density at radius 2 is 2.43 bits per heavy atom. The van der Waals surface area contributed by atoms with Crippen LogP contribution >= 0.6 is 0 Å². The summed E-state index contributed by atoms with van der Waals surface area (Å²) in [4.78, 5) is 19.4. The van der Waals surface area contributed by atoms with Gasteiger partial charge in [-0.2, -0.15) is 10.1 Å². The van der Waals surface area contributed by atoms with Gasteiger partial charge in [0.2, 0.25) is 0 Å². The average molecular weight is 197 g/mol. The zero-order chi connectivity index (χ0) is 10.4. The van der Waals surface area contributed by atoms with Crippen LogP contribution in [0, 0.1) is 11.3 Å². The predicted octanol–water partition coefficient (Wildman–Crippen LogP) is 1.07. The SMILES string of the molecule is CC1(C#N)OOC(CC/C=C/C=O)O1. The number of allylic oxidation sites excluding steroid dienone is 2. The molecule has 1 saturated heterocycles. The Morgan fingerprint density at radius 3 is 3.00 bits per heavy atom. The largest absolute Gasteiger partial charge is 0.303 e. The van der Waals surface area contributed by atoms with Gasteiger partial charge in [0, 0.05) is 13.3 Å². The van der Waals surface area contributed by atoms with Gasteiger partial charge in [0.1, 0.15) is 12.4 Å². The van der Waals surface area contributed by atoms with E-state index in [0.29, 0.717) is 19.1 Å². The highest BCUT2D eigenvalue weighted by atomic mass is 17.3. The van der Waals surface area contributed by atoms with Gasteiger partial charge in [0.05, 0.1) is 0 Å². The summed E-state index contributed by atoms with van der Waals surface area (Å²) >= 11 is 0. The van der Waals surface area contributed by atoms with Crippen LogP contribution in [0.1, 0.15) is 19.8 Å². The molecule has 1 heterocycles. The van der Waals surface area contributed by atoms with Crippen LogP contribution in [0.4, 0.5) is 0 Å². The van der Waals surface area contributed by atoms with E-state index in [9.17, 15) is 4.79 Å². The zero-order valence-electron chi connectivity index (χ0n) is 7.80. The molecule has 0 saturated carbocycles. The van der Waals surface area contributed by atoms with Gasteiger partial charge in [0.25, 0.3) is 5.79 Å². The molecule has 0 aliphatic carbocycles. The number of carbonyl (C=O) groups is 1. The molecule has 0 bridgehead atoms. The third-order valence-electron chi connectivity index (χ3n) is 1.66. The smallest absolute Gasteiger partial charge is 0.288 e. The highest BCUT2D eigenvalue weighted by Gasteiger charge is 2.39. The molecule has 14 heavy (non-hydrogen) atoms. The summed E-state index contributed by atoms with van der Waals surface area (Å²) in [5.41, 5.74) is 0. The lowest BCUT2D eigenvalue weighted by Gasteiger charge is -2.08. The second kappa shape index (κ2) is 4.86. The van der Waals surface area contributed by atoms with Crippen molar-refractivity contribution in [2.45, 2.75) is 31.8 Å². The molecule has 0 aromatic carbocycles. The first-order valence-corrected chi connectivity index (χ1v) is 4.24. The van der Waals surface area contributed by atoms with E-state index in [1.54, 1.807) is 6.08 Å². The van der Waals surface area contributed by atoms with Crippen molar-refractivity contribution in [2.24, 2.45) is 0 Å². The summed E-state index contributed by atoms with van der Waals surface area (Å²) in [7, 11) is 0. The van der Waals surface area contributed by atoms with Gasteiger partial charge in [0.15, 0.2) is 6.29 Å². The summed E-state index contributed by atoms with van der Waals surface area (Å²) in [5, 5.41) is 8.61. The van der Waals surface area contributed by atoms with Crippen LogP contribution in [0.3, 0.4) is 0 Å². The normalized spacial score (nSPS) is 31.9. The van der Waals surface area contributed by atoms with Crippen LogP contribution in [0.2, 0.25) is 0 Å². The third kappa shape index (κ3) is 2.92. The van der Waals surface area contributed by atoms with Gasteiger partial charge in [-0.05, 0) is 12.5 Å². The van der Waals surface area contributed by atoms with E-state index in [-0.39, 0.29) is 0 Å². The lowest BCUT2D eigenvalue weighted by molar-refractivity contribution is -0.311. The van der Waals surface area contributed by atoms with Crippen molar-refractivity contribution in [3.8, 4) is 6.07 Å². The average Bonchev–Trinajstić information content (AvgIpc) is 2.56. The monoisotopic (exact) mass is 197 g/mol. The maximum absolute atomic E-state index is 9.93. The molecule has 0 radical (unpaired) electrons. The van der Waals surface area contributed by atoms with Crippen LogP contribution in [0.25, 0.3) is 0 Å². The predicted molar refractivity (Wildman–Crippen MR) is 45.5 cm³/mol. The fourth-order valence-electron chi connectivity index (χ4n) is 0.972. The Bertz CT molecular complexity index is 270. The molecule has 0 aromatic heterocycles. The van der Waals surface area contributed by atoms with Crippen LogP contribution < -0.4 is 0 Å². The third-order valence-corrected chi connectivity index (χ3v) is 1.66. The molecular weight excluding hydrogens is 186 g/mol. The Morgan fingerprint density at radius 1 is 1.64 bits per heavy atom. The van der Waals surface area contributed by atoms with E-state index in [4.69, 9.17) is 14.9 Å². The molecule has 2 atom stereocenters. The second-order valence-electron chi connectivity index (χ2n) is 2.93. The van der Waals surface area contributed by atoms with E-state index < -0.39 is 12.1 Å². The molecule has 0 spiro atoms. The van der Waals surface area contributed by atoms with Crippen molar-refractivity contribution in [3.05, 3.63) is 12.2 Å². The second-order valence-corrected chi connectivity index (χ2v) is 2.93. The van der Waals surface area contributed by atoms with E-state index in [2.05, 4.69) is 4.89 Å². The lowest BCUT2D eigenvalue weighted by atomic mass is 10.3. The van der Waals surface area contributed by atoms with Crippen molar-refractivity contribution in [3.63, 3.8) is 0 Å². The lowest BCUT2D eigenvalue weighted by Crippen LogP contribution is -2.23. The van der Waals surface area contributed by atoms with Crippen LogP contribution in [0.15, 0.2) is 12.2 Å². The minimum absolute atomic E-state index is 0.543. The number of ether oxygens (including phenoxy) is 1. The Labute approximate surface area is 81.8 Å². The molecule has 2 unspecified atom stereocenters. The van der Waals surface area contributed by atoms with Gasteiger partial charge in [-0.1, -0.05) is 6.08 Å². The number of aldehydes is 1. The summed E-state index contributed by atoms with van der Waals surface area (Å²) in [6, 6.07) is 1.83. The number of carbonyl (C=O) groups excluding carboxylic acids is 1. The van der Waals surface area contributed by atoms with Crippen LogP contribution in [0.5, 0.6) is 0 Å². The van der Waals surface area contributed by atoms with Crippen LogP contribution in [-0.2, 0) is 19.3 Å². The van der Waals surface area contributed by atoms with Crippen molar-refractivity contribution in [2.75, 3.05) is 0 Å². The van der Waals surface area contributed by atoms with E-state index in [1.807, 2.05) is 6.07 Å². The molecular formula is C9H11NO4. The molecule has 1 rings (SSSR count). The van der Waals surface area contributed by atoms with Crippen molar-refractivity contribution >= 4 is 6.29 Å². The quantitative estimate of drug-likeness (QED) is 0.383. The zero-order valence-corrected chi connectivity index (χ0v) is 7.80. The molecule has 5 heteroatoms. The topological polar surface area (TPSA) is 68.5 Å². The number of rotatable bonds is 4. The molecule has 5 nitrogen and oxygen atoms in total. The first-order valence-electron chi connectivity index (χ1n) is 4.24. The summed E-state index contributed by atoms with van der Waals surface area (Å²) in [5.74, 6) is -1.31. The number of hydrogen-bond acceptors (Lipinski definition) is 5. The Balaban J connectivity index is 2.27. The van der Waals surface area contributed by atoms with Crippen LogP contribution in [-0.4, -0.2) is 18.4 Å². The number of nitriles is 1. The van der Waals surface area contributed by atoms with Crippen molar-refractivity contribution in [1.29, 1.82) is 5.26 Å². The molecule has 1 fully saturated rings. The molecule has 0 amide bonds. The minimum Gasteiger partial charge on any atom is -0.303 e. The molecule has 76 valence electrons. The van der Waals surface area contributed by atoms with Gasteiger partial charge in [-0.15, -0.1) is 0 Å². The highest BCUT2D eigenvalue weighted by molar-refractivity contribution is 5.64. The Kier molecular flexibility index (Phi) is 3.77. The summed E-state index contributed by atoms with van der Waals surface area (Å²) in [6.07, 6.45) is 4.43. The fourth-order valence-corrected chi connectivity index (χ4v) is 0.972.